The number of ether oxygens (including phenoxy) is 2. The minimum atomic E-state index is -0.801. The molecule has 2 N–H and O–H groups in total. The Kier molecular flexibility index (Phi) is 6.68. The van der Waals surface area contributed by atoms with E-state index in [9.17, 15) is 24.0 Å². The average molecular weight is 472 g/mol. The van der Waals surface area contributed by atoms with Crippen LogP contribution in [0.15, 0.2) is 66.7 Å². The SMILES string of the molecule is COc1ccc(C(=O)NCC(=O)OCC(=O)Nc2ccc3c(c2)C(=O)c2ccccc2C3=O)cc1. The zero-order valence-corrected chi connectivity index (χ0v) is 18.6. The standard InChI is InChI=1S/C26H20N2O7/c1-34-17-9-6-15(7-10-17)26(33)27-13-23(30)35-14-22(29)28-16-8-11-20-21(12-16)25(32)19-5-3-2-4-18(19)24(20)31/h2-12H,13-14H2,1H3,(H,27,33)(H,28,29). The molecule has 3 aromatic carbocycles. The fraction of sp³-hybridized carbons (Fsp3) is 0.115. The summed E-state index contributed by atoms with van der Waals surface area (Å²) in [5.41, 5.74) is 1.69. The third-order valence-electron chi connectivity index (χ3n) is 5.32. The molecule has 0 saturated carbocycles. The second-order valence-corrected chi connectivity index (χ2v) is 7.58. The maximum Gasteiger partial charge on any atom is 0.325 e. The molecule has 1 aliphatic carbocycles. The summed E-state index contributed by atoms with van der Waals surface area (Å²) in [6, 6.07) is 17.2. The Bertz CT molecular complexity index is 1350. The molecule has 0 aliphatic heterocycles. The van der Waals surface area contributed by atoms with E-state index in [1.807, 2.05) is 0 Å². The first-order valence-electron chi connectivity index (χ1n) is 10.6. The number of rotatable bonds is 7. The van der Waals surface area contributed by atoms with Gasteiger partial charge in [0.15, 0.2) is 18.2 Å². The summed E-state index contributed by atoms with van der Waals surface area (Å²) in [6.45, 7) is -1.02. The molecule has 35 heavy (non-hydrogen) atoms. The van der Waals surface area contributed by atoms with E-state index in [4.69, 9.17) is 9.47 Å². The number of hydrogen-bond acceptors (Lipinski definition) is 7. The van der Waals surface area contributed by atoms with Crippen LogP contribution in [0, 0.1) is 0 Å². The first kappa shape index (κ1) is 23.4. The zero-order valence-electron chi connectivity index (χ0n) is 18.6. The Morgan fingerprint density at radius 2 is 1.43 bits per heavy atom. The lowest BCUT2D eigenvalue weighted by Crippen LogP contribution is -2.32. The number of carbonyl (C=O) groups is 5. The highest BCUT2D eigenvalue weighted by atomic mass is 16.5. The highest BCUT2D eigenvalue weighted by molar-refractivity contribution is 6.28. The van der Waals surface area contributed by atoms with Gasteiger partial charge in [0.05, 0.1) is 7.11 Å². The normalized spacial score (nSPS) is 11.7. The van der Waals surface area contributed by atoms with E-state index >= 15 is 0 Å². The van der Waals surface area contributed by atoms with E-state index in [1.165, 1.54) is 25.3 Å². The van der Waals surface area contributed by atoms with Gasteiger partial charge in [-0.3, -0.25) is 24.0 Å². The molecule has 0 unspecified atom stereocenters. The first-order valence-corrected chi connectivity index (χ1v) is 10.6. The molecule has 0 bridgehead atoms. The Morgan fingerprint density at radius 3 is 2.09 bits per heavy atom. The number of carbonyl (C=O) groups excluding carboxylic acids is 5. The molecular weight excluding hydrogens is 452 g/mol. The lowest BCUT2D eigenvalue weighted by molar-refractivity contribution is -0.146. The number of esters is 1. The molecule has 0 spiro atoms. The van der Waals surface area contributed by atoms with Gasteiger partial charge < -0.3 is 20.1 Å². The first-order chi connectivity index (χ1) is 16.9. The van der Waals surface area contributed by atoms with Crippen molar-refractivity contribution in [3.63, 3.8) is 0 Å². The highest BCUT2D eigenvalue weighted by Crippen LogP contribution is 2.29. The summed E-state index contributed by atoms with van der Waals surface area (Å²) < 4.78 is 9.91. The van der Waals surface area contributed by atoms with Crippen LogP contribution in [0.3, 0.4) is 0 Å². The van der Waals surface area contributed by atoms with Crippen LogP contribution in [0.25, 0.3) is 0 Å². The molecule has 9 nitrogen and oxygen atoms in total. The summed E-state index contributed by atoms with van der Waals surface area (Å²) >= 11 is 0. The molecule has 0 saturated heterocycles. The molecule has 0 radical (unpaired) electrons. The summed E-state index contributed by atoms with van der Waals surface area (Å²) in [5, 5.41) is 4.93. The molecule has 0 aromatic heterocycles. The fourth-order valence-corrected chi connectivity index (χ4v) is 3.57. The van der Waals surface area contributed by atoms with Gasteiger partial charge in [-0.05, 0) is 42.5 Å². The van der Waals surface area contributed by atoms with Crippen LogP contribution < -0.4 is 15.4 Å². The molecule has 0 heterocycles. The second-order valence-electron chi connectivity index (χ2n) is 7.58. The Labute approximate surface area is 200 Å². The number of methoxy groups -OCH3 is 1. The van der Waals surface area contributed by atoms with Crippen molar-refractivity contribution < 1.29 is 33.4 Å². The van der Waals surface area contributed by atoms with Gasteiger partial charge in [0.2, 0.25) is 0 Å². The van der Waals surface area contributed by atoms with Gasteiger partial charge in [-0.25, -0.2) is 0 Å². The van der Waals surface area contributed by atoms with E-state index < -0.39 is 30.9 Å². The van der Waals surface area contributed by atoms with Crippen LogP contribution in [0.2, 0.25) is 0 Å². The smallest absolute Gasteiger partial charge is 0.325 e. The molecule has 0 fully saturated rings. The van der Waals surface area contributed by atoms with Crippen molar-refractivity contribution in [2.45, 2.75) is 0 Å². The van der Waals surface area contributed by atoms with Crippen molar-refractivity contribution in [2.24, 2.45) is 0 Å². The minimum absolute atomic E-state index is 0.185. The maximum absolute atomic E-state index is 12.8. The largest absolute Gasteiger partial charge is 0.497 e. The molecule has 1 aliphatic rings. The molecular formula is C26H20N2O7. The second kappa shape index (κ2) is 10.0. The summed E-state index contributed by atoms with van der Waals surface area (Å²) in [6.07, 6.45) is 0. The number of fused-ring (bicyclic) bond motifs is 2. The molecule has 2 amide bonds. The number of amides is 2. The maximum atomic E-state index is 12.8. The van der Waals surface area contributed by atoms with Crippen LogP contribution in [0.5, 0.6) is 5.75 Å². The average Bonchev–Trinajstić information content (AvgIpc) is 2.89. The van der Waals surface area contributed by atoms with Crippen molar-refractivity contribution in [3.8, 4) is 5.75 Å². The van der Waals surface area contributed by atoms with Crippen LogP contribution in [-0.2, 0) is 14.3 Å². The lowest BCUT2D eigenvalue weighted by atomic mass is 9.84. The number of ketones is 2. The van der Waals surface area contributed by atoms with Gasteiger partial charge in [-0.1, -0.05) is 24.3 Å². The Morgan fingerprint density at radius 1 is 0.800 bits per heavy atom. The van der Waals surface area contributed by atoms with Crippen LogP contribution in [0.1, 0.15) is 42.2 Å². The minimum Gasteiger partial charge on any atom is -0.497 e. The van der Waals surface area contributed by atoms with Crippen molar-refractivity contribution in [1.29, 1.82) is 0 Å². The van der Waals surface area contributed by atoms with Gasteiger partial charge in [0.25, 0.3) is 11.8 Å². The Balaban J connectivity index is 1.29. The van der Waals surface area contributed by atoms with Crippen LogP contribution in [-0.4, -0.2) is 49.6 Å². The van der Waals surface area contributed by atoms with E-state index in [0.29, 0.717) is 22.4 Å². The number of hydrogen-bond donors (Lipinski definition) is 2. The lowest BCUT2D eigenvalue weighted by Gasteiger charge is -2.18. The molecule has 3 aromatic rings. The van der Waals surface area contributed by atoms with E-state index in [0.717, 1.165) is 0 Å². The Hall–Kier alpha value is -4.79. The van der Waals surface area contributed by atoms with Crippen molar-refractivity contribution >= 4 is 35.0 Å². The highest BCUT2D eigenvalue weighted by Gasteiger charge is 2.29. The predicted octanol–water partition coefficient (Wildman–Crippen LogP) is 2.38. The van der Waals surface area contributed by atoms with Crippen molar-refractivity contribution in [1.82, 2.24) is 5.32 Å². The number of nitrogens with one attached hydrogen (secondary N) is 2. The summed E-state index contributed by atoms with van der Waals surface area (Å²) in [5.74, 6) is -1.92. The molecule has 9 heteroatoms. The van der Waals surface area contributed by atoms with Crippen LogP contribution in [0.4, 0.5) is 5.69 Å². The third-order valence-corrected chi connectivity index (χ3v) is 5.32. The summed E-state index contributed by atoms with van der Waals surface area (Å²) in [4.78, 5) is 61.6. The predicted molar refractivity (Wildman–Crippen MR) is 125 cm³/mol. The van der Waals surface area contributed by atoms with Gasteiger partial charge in [-0.2, -0.15) is 0 Å². The van der Waals surface area contributed by atoms with E-state index in [-0.39, 0.29) is 28.4 Å². The monoisotopic (exact) mass is 472 g/mol. The van der Waals surface area contributed by atoms with Gasteiger partial charge in [0, 0.05) is 33.5 Å². The van der Waals surface area contributed by atoms with Gasteiger partial charge >= 0.3 is 5.97 Å². The molecule has 176 valence electrons. The fourth-order valence-electron chi connectivity index (χ4n) is 3.57. The van der Waals surface area contributed by atoms with Gasteiger partial charge in [0.1, 0.15) is 12.3 Å². The molecule has 4 rings (SSSR count). The van der Waals surface area contributed by atoms with E-state index in [2.05, 4.69) is 10.6 Å². The van der Waals surface area contributed by atoms with Crippen molar-refractivity contribution in [3.05, 3.63) is 94.5 Å². The van der Waals surface area contributed by atoms with Crippen molar-refractivity contribution in [2.75, 3.05) is 25.6 Å². The quantitative estimate of drug-likeness (QED) is 0.395. The third kappa shape index (κ3) is 5.09. The molecule has 0 atom stereocenters. The van der Waals surface area contributed by atoms with E-state index in [1.54, 1.807) is 48.5 Å². The summed E-state index contributed by atoms with van der Waals surface area (Å²) in [7, 11) is 1.51. The number of anilines is 1. The topological polar surface area (TPSA) is 128 Å². The van der Waals surface area contributed by atoms with Crippen LogP contribution >= 0.6 is 0 Å². The van der Waals surface area contributed by atoms with Gasteiger partial charge in [-0.15, -0.1) is 0 Å². The number of benzene rings is 3. The zero-order chi connectivity index (χ0) is 24.9.